The second-order valence-corrected chi connectivity index (χ2v) is 5.61. The number of nitriles is 1. The molecule has 4 nitrogen and oxygen atoms in total. The van der Waals surface area contributed by atoms with Crippen LogP contribution >= 0.6 is 23.5 Å². The molecule has 1 aromatic heterocycles. The maximum absolute atomic E-state index is 12.7. The number of rotatable bonds is 4. The summed E-state index contributed by atoms with van der Waals surface area (Å²) in [6.45, 7) is 1.91. The molecule has 0 saturated heterocycles. The normalized spacial score (nSPS) is 11.3. The van der Waals surface area contributed by atoms with Crippen molar-refractivity contribution in [1.82, 2.24) is 9.78 Å². The molecule has 0 aliphatic heterocycles. The van der Waals surface area contributed by atoms with Gasteiger partial charge in [0.05, 0.1) is 22.5 Å². The van der Waals surface area contributed by atoms with Crippen LogP contribution in [0.2, 0.25) is 5.02 Å². The van der Waals surface area contributed by atoms with Crippen LogP contribution in [0.25, 0.3) is 5.69 Å². The van der Waals surface area contributed by atoms with Gasteiger partial charge >= 0.3 is 6.18 Å². The van der Waals surface area contributed by atoms with Crippen molar-refractivity contribution in [3.05, 3.63) is 40.5 Å². The summed E-state index contributed by atoms with van der Waals surface area (Å²) < 4.78 is 42.3. The molecule has 0 aliphatic rings. The summed E-state index contributed by atoms with van der Waals surface area (Å²) in [5.74, 6) is 1.10. The number of hydrogen-bond donors (Lipinski definition) is 1. The molecule has 0 amide bonds. The zero-order valence-electron chi connectivity index (χ0n) is 11.3. The number of hydrogen-bond acceptors (Lipinski definition) is 4. The number of benzene rings is 1. The van der Waals surface area contributed by atoms with Crippen molar-refractivity contribution in [3.8, 4) is 11.8 Å². The summed E-state index contributed by atoms with van der Waals surface area (Å²) >= 11 is 7.28. The fourth-order valence-corrected chi connectivity index (χ4v) is 2.44. The average molecular weight is 347 g/mol. The first-order chi connectivity index (χ1) is 10.4. The SMILES string of the molecule is CCSNc1c(C#N)cnn1-c1ccc(C(F)(F)F)cc1Cl. The number of halogens is 4. The van der Waals surface area contributed by atoms with Gasteiger partial charge in [0.25, 0.3) is 0 Å². The topological polar surface area (TPSA) is 53.6 Å². The fraction of sp³-hybridized carbons (Fsp3) is 0.231. The lowest BCUT2D eigenvalue weighted by Gasteiger charge is -2.12. The Kier molecular flexibility index (Phi) is 4.88. The van der Waals surface area contributed by atoms with Gasteiger partial charge in [-0.1, -0.05) is 30.5 Å². The van der Waals surface area contributed by atoms with Gasteiger partial charge in [0.1, 0.15) is 11.6 Å². The standard InChI is InChI=1S/C13H10ClF3N4S/c1-2-22-20-12-8(6-18)7-19-21(12)11-4-3-9(5-10(11)14)13(15,16)17/h3-5,7,20H,2H2,1H3. The van der Waals surface area contributed by atoms with Crippen molar-refractivity contribution in [1.29, 1.82) is 5.26 Å². The van der Waals surface area contributed by atoms with E-state index in [2.05, 4.69) is 9.82 Å². The lowest BCUT2D eigenvalue weighted by Crippen LogP contribution is -2.07. The number of nitrogens with zero attached hydrogens (tertiary/aromatic N) is 3. The molecule has 1 aromatic carbocycles. The molecule has 0 aliphatic carbocycles. The van der Waals surface area contributed by atoms with Gasteiger partial charge in [-0.2, -0.15) is 23.5 Å². The first kappa shape index (κ1) is 16.5. The van der Waals surface area contributed by atoms with Crippen molar-refractivity contribution in [2.75, 3.05) is 10.5 Å². The van der Waals surface area contributed by atoms with E-state index in [1.165, 1.54) is 28.9 Å². The van der Waals surface area contributed by atoms with E-state index in [9.17, 15) is 13.2 Å². The second kappa shape index (κ2) is 6.50. The summed E-state index contributed by atoms with van der Waals surface area (Å²) in [5, 5.41) is 13.0. The zero-order chi connectivity index (χ0) is 16.3. The molecule has 0 radical (unpaired) electrons. The van der Waals surface area contributed by atoms with Gasteiger partial charge in [-0.05, 0) is 18.2 Å². The first-order valence-electron chi connectivity index (χ1n) is 6.11. The minimum Gasteiger partial charge on any atom is -0.313 e. The van der Waals surface area contributed by atoms with E-state index in [-0.39, 0.29) is 16.3 Å². The van der Waals surface area contributed by atoms with Crippen LogP contribution in [0.1, 0.15) is 18.1 Å². The lowest BCUT2D eigenvalue weighted by atomic mass is 10.2. The van der Waals surface area contributed by atoms with Crippen LogP contribution in [0.4, 0.5) is 19.0 Å². The molecule has 0 unspecified atom stereocenters. The highest BCUT2D eigenvalue weighted by Gasteiger charge is 2.31. The van der Waals surface area contributed by atoms with Gasteiger partial charge < -0.3 is 4.72 Å². The molecular formula is C13H10ClF3N4S. The maximum Gasteiger partial charge on any atom is 0.416 e. The summed E-state index contributed by atoms with van der Waals surface area (Å²) in [6.07, 6.45) is -3.14. The molecule has 2 rings (SSSR count). The van der Waals surface area contributed by atoms with Crippen molar-refractivity contribution >= 4 is 29.4 Å². The monoisotopic (exact) mass is 346 g/mol. The third kappa shape index (κ3) is 3.31. The number of aromatic nitrogens is 2. The van der Waals surface area contributed by atoms with Gasteiger partial charge in [-0.25, -0.2) is 4.68 Å². The Bertz CT molecular complexity index is 721. The molecule has 1 N–H and O–H groups in total. The second-order valence-electron chi connectivity index (χ2n) is 4.13. The van der Waals surface area contributed by atoms with Crippen LogP contribution in [0.15, 0.2) is 24.4 Å². The quantitative estimate of drug-likeness (QED) is 0.828. The Hall–Kier alpha value is -1.85. The molecule has 2 aromatic rings. The summed E-state index contributed by atoms with van der Waals surface area (Å²) in [7, 11) is 0. The van der Waals surface area contributed by atoms with Gasteiger partial charge in [-0.15, -0.1) is 0 Å². The molecular weight excluding hydrogens is 337 g/mol. The molecule has 0 atom stereocenters. The minimum absolute atomic E-state index is 0.105. The first-order valence-corrected chi connectivity index (χ1v) is 7.48. The van der Waals surface area contributed by atoms with Gasteiger partial charge in [0.2, 0.25) is 0 Å². The Balaban J connectivity index is 2.49. The molecule has 9 heteroatoms. The Morgan fingerprint density at radius 2 is 2.18 bits per heavy atom. The molecule has 116 valence electrons. The van der Waals surface area contributed by atoms with E-state index < -0.39 is 11.7 Å². The third-order valence-electron chi connectivity index (χ3n) is 2.71. The van der Waals surface area contributed by atoms with Gasteiger partial charge in [0, 0.05) is 5.75 Å². The van der Waals surface area contributed by atoms with E-state index in [0.717, 1.165) is 17.9 Å². The summed E-state index contributed by atoms with van der Waals surface area (Å²) in [6, 6.07) is 4.95. The van der Waals surface area contributed by atoms with Crippen LogP contribution in [-0.2, 0) is 6.18 Å². The van der Waals surface area contributed by atoms with Crippen LogP contribution in [0.3, 0.4) is 0 Å². The van der Waals surface area contributed by atoms with Crippen LogP contribution in [0, 0.1) is 11.3 Å². The molecule has 1 heterocycles. The van der Waals surface area contributed by atoms with E-state index in [1.54, 1.807) is 0 Å². The minimum atomic E-state index is -4.47. The van der Waals surface area contributed by atoms with Crippen LogP contribution in [-0.4, -0.2) is 15.5 Å². The van der Waals surface area contributed by atoms with Crippen molar-refractivity contribution in [2.24, 2.45) is 0 Å². The molecule has 0 saturated carbocycles. The predicted octanol–water partition coefficient (Wildman–Crippen LogP) is 4.50. The van der Waals surface area contributed by atoms with E-state index in [0.29, 0.717) is 5.82 Å². The van der Waals surface area contributed by atoms with Gasteiger partial charge in [-0.3, -0.25) is 0 Å². The maximum atomic E-state index is 12.7. The largest absolute Gasteiger partial charge is 0.416 e. The lowest BCUT2D eigenvalue weighted by molar-refractivity contribution is -0.137. The Morgan fingerprint density at radius 3 is 2.73 bits per heavy atom. The van der Waals surface area contributed by atoms with Crippen molar-refractivity contribution in [3.63, 3.8) is 0 Å². The fourth-order valence-electron chi connectivity index (χ4n) is 1.71. The number of anilines is 1. The number of nitrogens with one attached hydrogen (secondary N) is 1. The van der Waals surface area contributed by atoms with E-state index in [1.807, 2.05) is 13.0 Å². The average Bonchev–Trinajstić information content (AvgIpc) is 2.86. The number of alkyl halides is 3. The van der Waals surface area contributed by atoms with Crippen molar-refractivity contribution < 1.29 is 13.2 Å². The molecule has 22 heavy (non-hydrogen) atoms. The van der Waals surface area contributed by atoms with Crippen LogP contribution < -0.4 is 4.72 Å². The molecule has 0 fully saturated rings. The summed E-state index contributed by atoms with van der Waals surface area (Å²) in [4.78, 5) is 0. The van der Waals surface area contributed by atoms with Gasteiger partial charge in [0.15, 0.2) is 5.82 Å². The molecule has 0 spiro atoms. The van der Waals surface area contributed by atoms with Crippen molar-refractivity contribution in [2.45, 2.75) is 13.1 Å². The molecule has 0 bridgehead atoms. The highest BCUT2D eigenvalue weighted by molar-refractivity contribution is 8.00. The smallest absolute Gasteiger partial charge is 0.313 e. The highest BCUT2D eigenvalue weighted by Crippen LogP contribution is 2.34. The van der Waals surface area contributed by atoms with E-state index in [4.69, 9.17) is 16.9 Å². The summed E-state index contributed by atoms with van der Waals surface area (Å²) in [5.41, 5.74) is -0.307. The predicted molar refractivity (Wildman–Crippen MR) is 80.0 cm³/mol. The van der Waals surface area contributed by atoms with E-state index >= 15 is 0 Å². The zero-order valence-corrected chi connectivity index (χ0v) is 12.9. The third-order valence-corrected chi connectivity index (χ3v) is 3.64. The Morgan fingerprint density at radius 1 is 1.45 bits per heavy atom. The Labute approximate surface area is 134 Å². The van der Waals surface area contributed by atoms with Crippen LogP contribution in [0.5, 0.6) is 0 Å². The highest BCUT2D eigenvalue weighted by atomic mass is 35.5.